The van der Waals surface area contributed by atoms with Crippen LogP contribution in [0.25, 0.3) is 11.3 Å². The van der Waals surface area contributed by atoms with E-state index in [9.17, 15) is 4.39 Å². The van der Waals surface area contributed by atoms with E-state index in [0.717, 1.165) is 12.4 Å². The van der Waals surface area contributed by atoms with E-state index in [2.05, 4.69) is 34.8 Å². The van der Waals surface area contributed by atoms with Crippen LogP contribution in [0.5, 0.6) is 0 Å². The molecule has 0 aliphatic rings. The van der Waals surface area contributed by atoms with E-state index in [1.165, 1.54) is 6.07 Å². The summed E-state index contributed by atoms with van der Waals surface area (Å²) >= 11 is 3.25. The van der Waals surface area contributed by atoms with Crippen molar-refractivity contribution in [3.63, 3.8) is 0 Å². The molecule has 0 amide bonds. The van der Waals surface area contributed by atoms with Crippen molar-refractivity contribution in [1.82, 2.24) is 9.55 Å². The highest BCUT2D eigenvalue weighted by atomic mass is 79.9. The molecule has 5 heteroatoms. The summed E-state index contributed by atoms with van der Waals surface area (Å²) in [5.41, 5.74) is 7.08. The Morgan fingerprint density at radius 2 is 2.11 bits per heavy atom. The fraction of sp³-hybridized carbons (Fsp3) is 0.357. The number of nitrogens with two attached hydrogens (primary N) is 1. The third-order valence-electron chi connectivity index (χ3n) is 3.06. The average molecular weight is 326 g/mol. The van der Waals surface area contributed by atoms with Crippen molar-refractivity contribution in [2.75, 3.05) is 5.73 Å². The van der Waals surface area contributed by atoms with Crippen LogP contribution in [-0.2, 0) is 6.54 Å². The molecule has 1 aromatic heterocycles. The van der Waals surface area contributed by atoms with E-state index in [1.807, 2.05) is 11.5 Å². The zero-order valence-corrected chi connectivity index (χ0v) is 12.8. The summed E-state index contributed by atoms with van der Waals surface area (Å²) in [4.78, 5) is 4.52. The molecule has 0 spiro atoms. The van der Waals surface area contributed by atoms with Crippen LogP contribution in [0.1, 0.15) is 32.5 Å². The largest absolute Gasteiger partial charge is 0.383 e. The van der Waals surface area contributed by atoms with Crippen molar-refractivity contribution in [2.45, 2.75) is 33.2 Å². The summed E-state index contributed by atoms with van der Waals surface area (Å²) in [5.74, 6) is 1.33. The molecule has 0 unspecified atom stereocenters. The van der Waals surface area contributed by atoms with Gasteiger partial charge in [-0.3, -0.25) is 0 Å². The number of hydrogen-bond donors (Lipinski definition) is 1. The molecule has 0 radical (unpaired) electrons. The number of halogens is 2. The van der Waals surface area contributed by atoms with Gasteiger partial charge >= 0.3 is 0 Å². The van der Waals surface area contributed by atoms with Gasteiger partial charge in [-0.05, 0) is 25.1 Å². The summed E-state index contributed by atoms with van der Waals surface area (Å²) in [7, 11) is 0. The number of rotatable bonds is 3. The smallest absolute Gasteiger partial charge is 0.133 e. The Labute approximate surface area is 120 Å². The maximum Gasteiger partial charge on any atom is 0.133 e. The van der Waals surface area contributed by atoms with Crippen molar-refractivity contribution < 1.29 is 4.39 Å². The first-order valence-corrected chi connectivity index (χ1v) is 7.06. The van der Waals surface area contributed by atoms with Gasteiger partial charge in [0.15, 0.2) is 0 Å². The Bertz CT molecular complexity index is 605. The summed E-state index contributed by atoms with van der Waals surface area (Å²) in [6, 6.07) is 4.91. The summed E-state index contributed by atoms with van der Waals surface area (Å²) in [6.07, 6.45) is 0. The zero-order chi connectivity index (χ0) is 14.2. The first-order valence-electron chi connectivity index (χ1n) is 6.27. The monoisotopic (exact) mass is 325 g/mol. The van der Waals surface area contributed by atoms with Gasteiger partial charge in [-0.25, -0.2) is 9.37 Å². The fourth-order valence-corrected chi connectivity index (χ4v) is 2.47. The van der Waals surface area contributed by atoms with Crippen LogP contribution in [-0.4, -0.2) is 9.55 Å². The summed E-state index contributed by atoms with van der Waals surface area (Å²) in [5, 5.41) is 0. The molecule has 0 bridgehead atoms. The third-order valence-corrected chi connectivity index (χ3v) is 3.55. The molecule has 0 saturated carbocycles. The van der Waals surface area contributed by atoms with Crippen molar-refractivity contribution in [2.24, 2.45) is 0 Å². The lowest BCUT2D eigenvalue weighted by molar-refractivity contribution is 0.630. The van der Waals surface area contributed by atoms with Crippen LogP contribution in [0.3, 0.4) is 0 Å². The number of anilines is 1. The Morgan fingerprint density at radius 3 is 2.58 bits per heavy atom. The van der Waals surface area contributed by atoms with E-state index in [4.69, 9.17) is 5.73 Å². The molecule has 2 rings (SSSR count). The minimum Gasteiger partial charge on any atom is -0.383 e. The molecule has 0 atom stereocenters. The third kappa shape index (κ3) is 2.52. The lowest BCUT2D eigenvalue weighted by Gasteiger charge is -2.08. The number of aromatic nitrogens is 2. The van der Waals surface area contributed by atoms with Crippen molar-refractivity contribution in [3.8, 4) is 11.3 Å². The number of hydrogen-bond acceptors (Lipinski definition) is 2. The SMILES string of the molecule is CCn1c(C(C)C)nc(-c2ccc(Br)cc2F)c1N. The molecule has 19 heavy (non-hydrogen) atoms. The van der Waals surface area contributed by atoms with Gasteiger partial charge in [-0.15, -0.1) is 0 Å². The molecule has 0 aliphatic heterocycles. The minimum atomic E-state index is -0.322. The highest BCUT2D eigenvalue weighted by Crippen LogP contribution is 2.32. The van der Waals surface area contributed by atoms with Gasteiger partial charge < -0.3 is 10.3 Å². The Balaban J connectivity index is 2.63. The zero-order valence-electron chi connectivity index (χ0n) is 11.2. The molecule has 1 heterocycles. The van der Waals surface area contributed by atoms with E-state index in [0.29, 0.717) is 21.5 Å². The molecular weight excluding hydrogens is 309 g/mol. The predicted octanol–water partition coefficient (Wildman–Crippen LogP) is 4.18. The topological polar surface area (TPSA) is 43.8 Å². The van der Waals surface area contributed by atoms with Gasteiger partial charge in [0.05, 0.1) is 0 Å². The predicted molar refractivity (Wildman–Crippen MR) is 79.5 cm³/mol. The Morgan fingerprint density at radius 1 is 1.42 bits per heavy atom. The first kappa shape index (κ1) is 14.1. The van der Waals surface area contributed by atoms with Gasteiger partial charge in [0.2, 0.25) is 0 Å². The maximum atomic E-state index is 14.0. The van der Waals surface area contributed by atoms with Gasteiger partial charge in [-0.2, -0.15) is 0 Å². The van der Waals surface area contributed by atoms with Gasteiger partial charge in [0, 0.05) is 22.5 Å². The molecule has 0 fully saturated rings. The van der Waals surface area contributed by atoms with Crippen LogP contribution < -0.4 is 5.73 Å². The van der Waals surface area contributed by atoms with Gasteiger partial charge in [-0.1, -0.05) is 29.8 Å². The van der Waals surface area contributed by atoms with Gasteiger partial charge in [0.25, 0.3) is 0 Å². The molecule has 0 aliphatic carbocycles. The van der Waals surface area contributed by atoms with E-state index >= 15 is 0 Å². The lowest BCUT2D eigenvalue weighted by atomic mass is 10.1. The standard InChI is InChI=1S/C14H17BrFN3/c1-4-19-13(17)12(18-14(19)8(2)3)10-6-5-9(15)7-11(10)16/h5-8H,4,17H2,1-3H3. The van der Waals surface area contributed by atoms with Crippen molar-refractivity contribution >= 4 is 21.7 Å². The van der Waals surface area contributed by atoms with E-state index in [1.54, 1.807) is 12.1 Å². The van der Waals surface area contributed by atoms with Crippen LogP contribution in [0.4, 0.5) is 10.2 Å². The Kier molecular flexibility index (Phi) is 3.94. The van der Waals surface area contributed by atoms with Crippen LogP contribution >= 0.6 is 15.9 Å². The van der Waals surface area contributed by atoms with E-state index in [-0.39, 0.29) is 11.7 Å². The molecule has 102 valence electrons. The highest BCUT2D eigenvalue weighted by Gasteiger charge is 2.19. The van der Waals surface area contributed by atoms with Crippen molar-refractivity contribution in [3.05, 3.63) is 34.3 Å². The molecule has 1 aromatic carbocycles. The average Bonchev–Trinajstić information content (AvgIpc) is 2.66. The summed E-state index contributed by atoms with van der Waals surface area (Å²) < 4.78 is 16.7. The number of benzene rings is 1. The molecule has 3 nitrogen and oxygen atoms in total. The highest BCUT2D eigenvalue weighted by molar-refractivity contribution is 9.10. The molecule has 0 saturated heterocycles. The molecule has 2 aromatic rings. The molecule has 2 N–H and O–H groups in total. The van der Waals surface area contributed by atoms with Crippen molar-refractivity contribution in [1.29, 1.82) is 0 Å². The fourth-order valence-electron chi connectivity index (χ4n) is 2.14. The number of nitrogens with zero attached hydrogens (tertiary/aromatic N) is 2. The van der Waals surface area contributed by atoms with Crippen LogP contribution in [0.15, 0.2) is 22.7 Å². The first-order chi connectivity index (χ1) is 8.95. The maximum absolute atomic E-state index is 14.0. The quantitative estimate of drug-likeness (QED) is 0.920. The molecular formula is C14H17BrFN3. The lowest BCUT2D eigenvalue weighted by Crippen LogP contribution is -2.06. The van der Waals surface area contributed by atoms with Crippen LogP contribution in [0.2, 0.25) is 0 Å². The van der Waals surface area contributed by atoms with Gasteiger partial charge in [0.1, 0.15) is 23.2 Å². The van der Waals surface area contributed by atoms with Crippen LogP contribution in [0, 0.1) is 5.82 Å². The second-order valence-corrected chi connectivity index (χ2v) is 5.64. The second kappa shape index (κ2) is 5.33. The normalized spacial score (nSPS) is 11.3. The Hall–Kier alpha value is -1.36. The van der Waals surface area contributed by atoms with E-state index < -0.39 is 0 Å². The second-order valence-electron chi connectivity index (χ2n) is 4.73. The number of imidazole rings is 1. The number of nitrogen functional groups attached to an aromatic ring is 1. The minimum absolute atomic E-state index is 0.245. The summed E-state index contributed by atoms with van der Waals surface area (Å²) in [6.45, 7) is 6.83.